The van der Waals surface area contributed by atoms with Crippen molar-refractivity contribution < 1.29 is 0 Å². The van der Waals surface area contributed by atoms with Crippen molar-refractivity contribution in [3.05, 3.63) is 75.6 Å². The molecule has 3 aromatic rings. The Hall–Kier alpha value is -2.55. The quantitative estimate of drug-likeness (QED) is 0.721. The van der Waals surface area contributed by atoms with Gasteiger partial charge < -0.3 is 0 Å². The number of rotatable bonds is 5. The number of aromatic nitrogens is 2. The van der Waals surface area contributed by atoms with Crippen LogP contribution in [0.3, 0.4) is 0 Å². The molecule has 0 saturated carbocycles. The van der Waals surface area contributed by atoms with E-state index >= 15 is 0 Å². The Morgan fingerprint density at radius 3 is 2.42 bits per heavy atom. The zero-order chi connectivity index (χ0) is 17.1. The van der Waals surface area contributed by atoms with Crippen LogP contribution >= 0.6 is 0 Å². The van der Waals surface area contributed by atoms with E-state index < -0.39 is 0 Å². The molecule has 3 heteroatoms. The summed E-state index contributed by atoms with van der Waals surface area (Å²) in [6.07, 6.45) is 2.89. The van der Waals surface area contributed by atoms with Crippen LogP contribution in [0.2, 0.25) is 0 Å². The molecule has 3 nitrogen and oxygen atoms in total. The minimum Gasteiger partial charge on any atom is -0.290 e. The van der Waals surface area contributed by atoms with Gasteiger partial charge in [-0.3, -0.25) is 9.89 Å². The van der Waals surface area contributed by atoms with Crippen molar-refractivity contribution in [2.24, 2.45) is 0 Å². The average molecular weight is 320 g/mol. The molecule has 0 fully saturated rings. The molecule has 0 aliphatic heterocycles. The molecule has 1 aromatic heterocycles. The van der Waals surface area contributed by atoms with Gasteiger partial charge in [0.2, 0.25) is 0 Å². The van der Waals surface area contributed by atoms with Gasteiger partial charge in [0.05, 0.1) is 11.4 Å². The summed E-state index contributed by atoms with van der Waals surface area (Å²) in [5, 5.41) is 3.34. The SMILES string of the molecule is CCCCc1c(-c2cccc(C)c2)[nH]n(-c2ccc(C)cc2)c1=O. The monoisotopic (exact) mass is 320 g/mol. The largest absolute Gasteiger partial charge is 0.290 e. The summed E-state index contributed by atoms with van der Waals surface area (Å²) in [7, 11) is 0. The zero-order valence-electron chi connectivity index (χ0n) is 14.6. The first kappa shape index (κ1) is 16.3. The lowest BCUT2D eigenvalue weighted by atomic mass is 10.0. The number of hydrogen-bond donors (Lipinski definition) is 1. The highest BCUT2D eigenvalue weighted by molar-refractivity contribution is 5.64. The number of H-pyrrole nitrogens is 1. The fraction of sp³-hybridized carbons (Fsp3) is 0.286. The van der Waals surface area contributed by atoms with Crippen LogP contribution in [0.1, 0.15) is 36.5 Å². The first-order valence-corrected chi connectivity index (χ1v) is 8.58. The third-order valence-corrected chi connectivity index (χ3v) is 4.37. The van der Waals surface area contributed by atoms with Crippen molar-refractivity contribution in [3.8, 4) is 16.9 Å². The van der Waals surface area contributed by atoms with Crippen molar-refractivity contribution in [2.45, 2.75) is 40.0 Å². The van der Waals surface area contributed by atoms with E-state index in [0.29, 0.717) is 0 Å². The second-order valence-corrected chi connectivity index (χ2v) is 6.41. The molecule has 0 aliphatic rings. The number of aromatic amines is 1. The molecule has 0 atom stereocenters. The molecule has 1 N–H and O–H groups in total. The summed E-state index contributed by atoms with van der Waals surface area (Å²) in [6.45, 7) is 6.27. The van der Waals surface area contributed by atoms with Crippen LogP contribution in [0.4, 0.5) is 0 Å². The van der Waals surface area contributed by atoms with Crippen molar-refractivity contribution in [1.82, 2.24) is 9.78 Å². The molecular weight excluding hydrogens is 296 g/mol. The summed E-state index contributed by atoms with van der Waals surface area (Å²) in [4.78, 5) is 13.0. The molecule has 0 amide bonds. The second kappa shape index (κ2) is 6.91. The standard InChI is InChI=1S/C21H24N2O/c1-4-5-9-19-20(17-8-6-7-16(3)14-17)22-23(21(19)24)18-12-10-15(2)11-13-18/h6-8,10-14,22H,4-5,9H2,1-3H3. The lowest BCUT2D eigenvalue weighted by Gasteiger charge is -2.04. The molecule has 2 aromatic carbocycles. The Morgan fingerprint density at radius 1 is 1.00 bits per heavy atom. The Morgan fingerprint density at radius 2 is 1.75 bits per heavy atom. The normalized spacial score (nSPS) is 11.0. The van der Waals surface area contributed by atoms with Gasteiger partial charge in [-0.15, -0.1) is 0 Å². The minimum absolute atomic E-state index is 0.0591. The van der Waals surface area contributed by atoms with Gasteiger partial charge in [0.25, 0.3) is 5.56 Å². The van der Waals surface area contributed by atoms with E-state index in [9.17, 15) is 4.79 Å². The Bertz CT molecular complexity index is 885. The van der Waals surface area contributed by atoms with E-state index in [1.165, 1.54) is 11.1 Å². The number of benzene rings is 2. The van der Waals surface area contributed by atoms with Gasteiger partial charge in [0.1, 0.15) is 0 Å². The molecular formula is C21H24N2O. The third-order valence-electron chi connectivity index (χ3n) is 4.37. The third kappa shape index (κ3) is 3.21. The first-order chi connectivity index (χ1) is 11.6. The Labute approximate surface area is 143 Å². The first-order valence-electron chi connectivity index (χ1n) is 8.58. The lowest BCUT2D eigenvalue weighted by Crippen LogP contribution is -2.17. The van der Waals surface area contributed by atoms with Gasteiger partial charge in [0, 0.05) is 11.1 Å². The Balaban J connectivity index is 2.15. The van der Waals surface area contributed by atoms with Crippen molar-refractivity contribution >= 4 is 0 Å². The predicted molar refractivity (Wildman–Crippen MR) is 99.9 cm³/mol. The van der Waals surface area contributed by atoms with Crippen LogP contribution in [0, 0.1) is 13.8 Å². The summed E-state index contributed by atoms with van der Waals surface area (Å²) < 4.78 is 1.67. The van der Waals surface area contributed by atoms with Crippen LogP contribution in [-0.4, -0.2) is 9.78 Å². The number of unbranched alkanes of at least 4 members (excludes halogenated alkanes) is 1. The van der Waals surface area contributed by atoms with Gasteiger partial charge in [-0.05, 0) is 44.9 Å². The fourth-order valence-corrected chi connectivity index (χ4v) is 2.97. The average Bonchev–Trinajstić information content (AvgIpc) is 2.90. The van der Waals surface area contributed by atoms with Gasteiger partial charge in [0.15, 0.2) is 0 Å². The highest BCUT2D eigenvalue weighted by atomic mass is 16.1. The number of nitrogens with zero attached hydrogens (tertiary/aromatic N) is 1. The van der Waals surface area contributed by atoms with Crippen LogP contribution < -0.4 is 5.56 Å². The maximum absolute atomic E-state index is 13.0. The van der Waals surface area contributed by atoms with E-state index in [1.807, 2.05) is 37.3 Å². The molecule has 0 saturated heterocycles. The summed E-state index contributed by atoms with van der Waals surface area (Å²) in [5.41, 5.74) is 6.21. The maximum Gasteiger partial charge on any atom is 0.275 e. The van der Waals surface area contributed by atoms with E-state index in [0.717, 1.165) is 41.8 Å². The fourth-order valence-electron chi connectivity index (χ4n) is 2.97. The topological polar surface area (TPSA) is 37.8 Å². The maximum atomic E-state index is 13.0. The summed E-state index contributed by atoms with van der Waals surface area (Å²) >= 11 is 0. The summed E-state index contributed by atoms with van der Waals surface area (Å²) in [5.74, 6) is 0. The van der Waals surface area contributed by atoms with Gasteiger partial charge >= 0.3 is 0 Å². The molecule has 124 valence electrons. The molecule has 0 spiro atoms. The van der Waals surface area contributed by atoms with Crippen LogP contribution in [0.15, 0.2) is 53.3 Å². The van der Waals surface area contributed by atoms with Gasteiger partial charge in [-0.2, -0.15) is 0 Å². The molecule has 0 aliphatic carbocycles. The molecule has 3 rings (SSSR count). The van der Waals surface area contributed by atoms with Crippen LogP contribution in [-0.2, 0) is 6.42 Å². The number of aryl methyl sites for hydroxylation is 2. The second-order valence-electron chi connectivity index (χ2n) is 6.41. The molecule has 24 heavy (non-hydrogen) atoms. The Kier molecular flexibility index (Phi) is 4.70. The summed E-state index contributed by atoms with van der Waals surface area (Å²) in [6, 6.07) is 16.3. The molecule has 0 bridgehead atoms. The zero-order valence-corrected chi connectivity index (χ0v) is 14.6. The number of hydrogen-bond acceptors (Lipinski definition) is 1. The van der Waals surface area contributed by atoms with Crippen LogP contribution in [0.5, 0.6) is 0 Å². The highest BCUT2D eigenvalue weighted by Gasteiger charge is 2.16. The van der Waals surface area contributed by atoms with Gasteiger partial charge in [-0.1, -0.05) is 54.8 Å². The van der Waals surface area contributed by atoms with E-state index in [-0.39, 0.29) is 5.56 Å². The van der Waals surface area contributed by atoms with E-state index in [4.69, 9.17) is 0 Å². The van der Waals surface area contributed by atoms with Crippen molar-refractivity contribution in [2.75, 3.05) is 0 Å². The lowest BCUT2D eigenvalue weighted by molar-refractivity contribution is 0.786. The molecule has 1 heterocycles. The molecule has 0 radical (unpaired) electrons. The number of nitrogens with one attached hydrogen (secondary N) is 1. The smallest absolute Gasteiger partial charge is 0.275 e. The minimum atomic E-state index is 0.0591. The van der Waals surface area contributed by atoms with Crippen molar-refractivity contribution in [3.63, 3.8) is 0 Å². The van der Waals surface area contributed by atoms with Crippen LogP contribution in [0.25, 0.3) is 16.9 Å². The van der Waals surface area contributed by atoms with E-state index in [2.05, 4.69) is 37.1 Å². The molecule has 0 unspecified atom stereocenters. The van der Waals surface area contributed by atoms with E-state index in [1.54, 1.807) is 4.68 Å². The predicted octanol–water partition coefficient (Wildman–Crippen LogP) is 4.79. The van der Waals surface area contributed by atoms with Gasteiger partial charge in [-0.25, -0.2) is 4.68 Å². The highest BCUT2D eigenvalue weighted by Crippen LogP contribution is 2.23. The van der Waals surface area contributed by atoms with Crippen molar-refractivity contribution in [1.29, 1.82) is 0 Å².